The van der Waals surface area contributed by atoms with Crippen molar-refractivity contribution in [3.05, 3.63) is 101 Å². The Labute approximate surface area is 190 Å². The number of nitrogens with zero attached hydrogens (tertiary/aromatic N) is 1. The average molecular weight is 435 g/mol. The fourth-order valence-corrected chi connectivity index (χ4v) is 3.90. The first-order valence-electron chi connectivity index (χ1n) is 10.5. The number of hydrogen-bond acceptors (Lipinski definition) is 5. The number of pyridine rings is 1. The van der Waals surface area contributed by atoms with E-state index in [1.807, 2.05) is 67.6 Å². The van der Waals surface area contributed by atoms with E-state index in [1.165, 1.54) is 0 Å². The molecule has 0 saturated carbocycles. The van der Waals surface area contributed by atoms with Crippen molar-refractivity contribution in [3.63, 3.8) is 0 Å². The van der Waals surface area contributed by atoms with Gasteiger partial charge in [0.2, 0.25) is 0 Å². The fraction of sp³-hybridized carbons (Fsp3) is 0.0714. The first-order valence-corrected chi connectivity index (χ1v) is 10.5. The molecule has 5 rings (SSSR count). The molecule has 2 heterocycles. The molecule has 0 atom stereocenters. The first kappa shape index (κ1) is 20.5. The summed E-state index contributed by atoms with van der Waals surface area (Å²) in [4.78, 5) is 17.8. The van der Waals surface area contributed by atoms with Gasteiger partial charge in [-0.05, 0) is 61.0 Å². The lowest BCUT2D eigenvalue weighted by Gasteiger charge is -2.12. The molecule has 33 heavy (non-hydrogen) atoms. The quantitative estimate of drug-likeness (QED) is 0.340. The highest BCUT2D eigenvalue weighted by molar-refractivity contribution is 5.91. The van der Waals surface area contributed by atoms with Crippen LogP contribution in [0.25, 0.3) is 44.6 Å². The van der Waals surface area contributed by atoms with Crippen molar-refractivity contribution in [3.8, 4) is 45.1 Å². The summed E-state index contributed by atoms with van der Waals surface area (Å²) < 4.78 is 10.8. The van der Waals surface area contributed by atoms with Crippen LogP contribution < -0.4 is 10.4 Å². The van der Waals surface area contributed by atoms with E-state index in [0.29, 0.717) is 27.9 Å². The van der Waals surface area contributed by atoms with Crippen molar-refractivity contribution >= 4 is 11.0 Å². The van der Waals surface area contributed by atoms with Gasteiger partial charge in [-0.2, -0.15) is 0 Å². The smallest absolute Gasteiger partial charge is 0.347 e. The Bertz CT molecular complexity index is 1520. The van der Waals surface area contributed by atoms with Gasteiger partial charge in [0.25, 0.3) is 0 Å². The minimum atomic E-state index is -0.602. The maximum Gasteiger partial charge on any atom is 0.347 e. The number of aryl methyl sites for hydroxylation is 1. The van der Waals surface area contributed by atoms with E-state index < -0.39 is 5.63 Å². The summed E-state index contributed by atoms with van der Waals surface area (Å²) in [7, 11) is 1.62. The highest BCUT2D eigenvalue weighted by Gasteiger charge is 2.18. The molecule has 0 bridgehead atoms. The van der Waals surface area contributed by atoms with Crippen molar-refractivity contribution in [2.45, 2.75) is 6.92 Å². The number of hydrogen-bond donors (Lipinski definition) is 1. The molecule has 5 nitrogen and oxygen atoms in total. The zero-order valence-electron chi connectivity index (χ0n) is 18.2. The summed E-state index contributed by atoms with van der Waals surface area (Å²) in [5.41, 5.74) is 4.45. The zero-order chi connectivity index (χ0) is 22.9. The van der Waals surface area contributed by atoms with Crippen LogP contribution in [0, 0.1) is 6.92 Å². The molecule has 5 heteroatoms. The normalized spacial score (nSPS) is 11.0. The van der Waals surface area contributed by atoms with Crippen LogP contribution in [0.2, 0.25) is 0 Å². The molecule has 0 unspecified atom stereocenters. The standard InChI is InChI=1S/C28H21NO4/c1-17-8-13-25-22(14-17)27(30)26(28(31)33-25)20-15-23(18-6-4-3-5-7-18)29-24(16-20)19-9-11-21(32-2)12-10-19/h3-16,30H,1-2H3. The van der Waals surface area contributed by atoms with E-state index in [1.54, 1.807) is 31.4 Å². The largest absolute Gasteiger partial charge is 0.506 e. The third-order valence-corrected chi connectivity index (χ3v) is 5.60. The molecule has 2 aromatic heterocycles. The van der Waals surface area contributed by atoms with E-state index >= 15 is 0 Å². The Morgan fingerprint density at radius 1 is 0.818 bits per heavy atom. The lowest BCUT2D eigenvalue weighted by atomic mass is 9.99. The number of aromatic hydroxyl groups is 1. The second-order valence-corrected chi connectivity index (χ2v) is 7.83. The third-order valence-electron chi connectivity index (χ3n) is 5.60. The van der Waals surface area contributed by atoms with Gasteiger partial charge in [-0.25, -0.2) is 9.78 Å². The maximum absolute atomic E-state index is 13.0. The van der Waals surface area contributed by atoms with Crippen molar-refractivity contribution in [2.24, 2.45) is 0 Å². The fourth-order valence-electron chi connectivity index (χ4n) is 3.90. The summed E-state index contributed by atoms with van der Waals surface area (Å²) in [6.07, 6.45) is 0. The van der Waals surface area contributed by atoms with Gasteiger partial charge in [0.15, 0.2) is 0 Å². The van der Waals surface area contributed by atoms with Gasteiger partial charge in [0.1, 0.15) is 22.6 Å². The Morgan fingerprint density at radius 3 is 2.15 bits per heavy atom. The van der Waals surface area contributed by atoms with Gasteiger partial charge in [-0.3, -0.25) is 0 Å². The molecule has 5 aromatic rings. The Kier molecular flexibility index (Phi) is 5.15. The van der Waals surface area contributed by atoms with E-state index in [9.17, 15) is 9.90 Å². The number of rotatable bonds is 4. The Balaban J connectivity index is 1.77. The van der Waals surface area contributed by atoms with Crippen molar-refractivity contribution in [2.75, 3.05) is 7.11 Å². The second-order valence-electron chi connectivity index (χ2n) is 7.83. The molecule has 1 N–H and O–H groups in total. The van der Waals surface area contributed by atoms with Crippen LogP contribution in [0.1, 0.15) is 5.56 Å². The summed E-state index contributed by atoms with van der Waals surface area (Å²) in [6.45, 7) is 1.92. The summed E-state index contributed by atoms with van der Waals surface area (Å²) >= 11 is 0. The van der Waals surface area contributed by atoms with Gasteiger partial charge in [0.05, 0.1) is 23.9 Å². The second kappa shape index (κ2) is 8.28. The van der Waals surface area contributed by atoms with Crippen molar-refractivity contribution < 1.29 is 14.3 Å². The number of aromatic nitrogens is 1. The van der Waals surface area contributed by atoms with Crippen LogP contribution in [-0.2, 0) is 0 Å². The molecule has 0 spiro atoms. The van der Waals surface area contributed by atoms with Gasteiger partial charge >= 0.3 is 5.63 Å². The summed E-state index contributed by atoms with van der Waals surface area (Å²) in [5, 5.41) is 11.6. The van der Waals surface area contributed by atoms with E-state index in [0.717, 1.165) is 22.4 Å². The molecule has 0 aliphatic rings. The Hall–Kier alpha value is -4.38. The van der Waals surface area contributed by atoms with Crippen LogP contribution in [-0.4, -0.2) is 17.2 Å². The van der Waals surface area contributed by atoms with E-state index in [4.69, 9.17) is 14.1 Å². The number of methoxy groups -OCH3 is 1. The number of benzene rings is 3. The first-order chi connectivity index (χ1) is 16.0. The Morgan fingerprint density at radius 2 is 1.48 bits per heavy atom. The molecular weight excluding hydrogens is 414 g/mol. The van der Waals surface area contributed by atoms with Gasteiger partial charge in [-0.1, -0.05) is 42.0 Å². The van der Waals surface area contributed by atoms with Crippen molar-refractivity contribution in [1.29, 1.82) is 0 Å². The minimum absolute atomic E-state index is 0.101. The topological polar surface area (TPSA) is 72.6 Å². The number of fused-ring (bicyclic) bond motifs is 1. The molecule has 162 valence electrons. The van der Waals surface area contributed by atoms with E-state index in [-0.39, 0.29) is 11.3 Å². The molecule has 0 aliphatic carbocycles. The monoisotopic (exact) mass is 435 g/mol. The molecule has 0 fully saturated rings. The SMILES string of the molecule is COc1ccc(-c2cc(-c3c(O)c4cc(C)ccc4oc3=O)cc(-c3ccccc3)n2)cc1. The summed E-state index contributed by atoms with van der Waals surface area (Å²) in [5.74, 6) is 0.636. The highest BCUT2D eigenvalue weighted by atomic mass is 16.5. The lowest BCUT2D eigenvalue weighted by Crippen LogP contribution is -2.04. The maximum atomic E-state index is 13.0. The minimum Gasteiger partial charge on any atom is -0.506 e. The molecule has 0 amide bonds. The lowest BCUT2D eigenvalue weighted by molar-refractivity contribution is 0.415. The van der Waals surface area contributed by atoms with Crippen LogP contribution >= 0.6 is 0 Å². The van der Waals surface area contributed by atoms with Crippen LogP contribution in [0.15, 0.2) is 94.1 Å². The van der Waals surface area contributed by atoms with Crippen molar-refractivity contribution in [1.82, 2.24) is 4.98 Å². The van der Waals surface area contributed by atoms with Crippen LogP contribution in [0.4, 0.5) is 0 Å². The van der Waals surface area contributed by atoms with Crippen LogP contribution in [0.3, 0.4) is 0 Å². The van der Waals surface area contributed by atoms with E-state index in [2.05, 4.69) is 0 Å². The van der Waals surface area contributed by atoms with Gasteiger partial charge in [-0.15, -0.1) is 0 Å². The molecule has 0 radical (unpaired) electrons. The highest BCUT2D eigenvalue weighted by Crippen LogP contribution is 2.36. The molecular formula is C28H21NO4. The molecule has 0 saturated heterocycles. The predicted molar refractivity (Wildman–Crippen MR) is 130 cm³/mol. The predicted octanol–water partition coefficient (Wildman–Crippen LogP) is 6.21. The average Bonchev–Trinajstić information content (AvgIpc) is 2.85. The zero-order valence-corrected chi connectivity index (χ0v) is 18.2. The van der Waals surface area contributed by atoms with Gasteiger partial charge in [0, 0.05) is 11.1 Å². The molecule has 0 aliphatic heterocycles. The number of ether oxygens (including phenoxy) is 1. The van der Waals surface area contributed by atoms with Gasteiger partial charge < -0.3 is 14.3 Å². The third kappa shape index (κ3) is 3.85. The molecule has 3 aromatic carbocycles. The van der Waals surface area contributed by atoms with Crippen LogP contribution in [0.5, 0.6) is 11.5 Å². The summed E-state index contributed by atoms with van der Waals surface area (Å²) in [6, 6.07) is 26.2.